The second kappa shape index (κ2) is 3.87. The molecule has 0 aliphatic carbocycles. The highest BCUT2D eigenvalue weighted by Crippen LogP contribution is 2.12. The lowest BCUT2D eigenvalue weighted by molar-refractivity contribution is 0.0599. The van der Waals surface area contributed by atoms with E-state index in [2.05, 4.69) is 9.72 Å². The largest absolute Gasteiger partial charge is 0.478 e. The predicted molar refractivity (Wildman–Crippen MR) is 47.3 cm³/mol. The van der Waals surface area contributed by atoms with Gasteiger partial charge in [0.25, 0.3) is 0 Å². The summed E-state index contributed by atoms with van der Waals surface area (Å²) < 4.78 is 4.48. The van der Waals surface area contributed by atoms with Gasteiger partial charge in [-0.1, -0.05) is 0 Å². The fourth-order valence-corrected chi connectivity index (χ4v) is 1.06. The van der Waals surface area contributed by atoms with Crippen LogP contribution in [0.2, 0.25) is 0 Å². The summed E-state index contributed by atoms with van der Waals surface area (Å²) in [5, 5.41) is 8.75. The van der Waals surface area contributed by atoms with Gasteiger partial charge in [0.05, 0.1) is 18.2 Å². The lowest BCUT2D eigenvalue weighted by atomic mass is 10.1. The van der Waals surface area contributed by atoms with Crippen molar-refractivity contribution in [2.24, 2.45) is 0 Å². The summed E-state index contributed by atoms with van der Waals surface area (Å²) >= 11 is 0. The number of pyridine rings is 1. The number of carbonyl (C=O) groups is 2. The molecule has 14 heavy (non-hydrogen) atoms. The van der Waals surface area contributed by atoms with Crippen LogP contribution in [-0.2, 0) is 4.74 Å². The number of carbonyl (C=O) groups excluding carboxylic acids is 1. The Labute approximate surface area is 80.3 Å². The number of esters is 1. The Morgan fingerprint density at radius 2 is 1.93 bits per heavy atom. The molecule has 0 aromatic carbocycles. The molecule has 1 heterocycles. The molecule has 0 bridgehead atoms. The summed E-state index contributed by atoms with van der Waals surface area (Å²) in [7, 11) is 1.23. The first-order valence-corrected chi connectivity index (χ1v) is 3.84. The molecule has 1 rings (SSSR count). The van der Waals surface area contributed by atoms with Crippen LogP contribution >= 0.6 is 0 Å². The summed E-state index contributed by atoms with van der Waals surface area (Å²) in [6, 6.07) is 0. The molecule has 0 aliphatic heterocycles. The van der Waals surface area contributed by atoms with E-state index in [4.69, 9.17) is 5.11 Å². The molecule has 0 fully saturated rings. The monoisotopic (exact) mass is 195 g/mol. The molecule has 74 valence electrons. The van der Waals surface area contributed by atoms with Crippen molar-refractivity contribution in [2.75, 3.05) is 7.11 Å². The lowest BCUT2D eigenvalue weighted by Gasteiger charge is -2.05. The van der Waals surface area contributed by atoms with Gasteiger partial charge in [0.15, 0.2) is 0 Å². The Hall–Kier alpha value is -1.91. The third-order valence-electron chi connectivity index (χ3n) is 1.85. The van der Waals surface area contributed by atoms with Gasteiger partial charge in [-0.25, -0.2) is 9.59 Å². The van der Waals surface area contributed by atoms with Gasteiger partial charge >= 0.3 is 11.9 Å². The highest BCUT2D eigenvalue weighted by Gasteiger charge is 2.15. The topological polar surface area (TPSA) is 76.5 Å². The maximum Gasteiger partial charge on any atom is 0.339 e. The Bertz CT molecular complexity index is 386. The van der Waals surface area contributed by atoms with Crippen LogP contribution in [0.25, 0.3) is 0 Å². The van der Waals surface area contributed by atoms with Crippen molar-refractivity contribution in [1.29, 1.82) is 0 Å². The number of methoxy groups -OCH3 is 1. The summed E-state index contributed by atoms with van der Waals surface area (Å²) in [4.78, 5) is 25.5. The van der Waals surface area contributed by atoms with Crippen LogP contribution in [0.15, 0.2) is 12.4 Å². The van der Waals surface area contributed by atoms with E-state index in [0.29, 0.717) is 5.56 Å². The van der Waals surface area contributed by atoms with E-state index in [1.54, 1.807) is 0 Å². The van der Waals surface area contributed by atoms with Crippen molar-refractivity contribution in [2.45, 2.75) is 6.92 Å². The number of ether oxygens (including phenoxy) is 1. The molecule has 0 atom stereocenters. The van der Waals surface area contributed by atoms with E-state index in [0.717, 1.165) is 0 Å². The first-order chi connectivity index (χ1) is 6.57. The predicted octanol–water partition coefficient (Wildman–Crippen LogP) is 0.875. The molecule has 0 spiro atoms. The molecule has 0 unspecified atom stereocenters. The molecule has 0 saturated heterocycles. The molecule has 0 saturated carbocycles. The molecule has 5 nitrogen and oxygen atoms in total. The van der Waals surface area contributed by atoms with Crippen molar-refractivity contribution < 1.29 is 19.4 Å². The minimum absolute atomic E-state index is 0.00731. The molecule has 5 heteroatoms. The zero-order chi connectivity index (χ0) is 10.7. The van der Waals surface area contributed by atoms with E-state index in [9.17, 15) is 9.59 Å². The van der Waals surface area contributed by atoms with E-state index in [1.807, 2.05) is 0 Å². The number of aromatic nitrogens is 1. The highest BCUT2D eigenvalue weighted by molar-refractivity contribution is 5.96. The molecule has 1 aromatic heterocycles. The number of rotatable bonds is 2. The van der Waals surface area contributed by atoms with Gasteiger partial charge in [0.2, 0.25) is 0 Å². The average Bonchev–Trinajstić information content (AvgIpc) is 2.16. The Balaban J connectivity index is 3.27. The number of hydrogen-bond acceptors (Lipinski definition) is 4. The third kappa shape index (κ3) is 1.71. The third-order valence-corrected chi connectivity index (χ3v) is 1.85. The minimum Gasteiger partial charge on any atom is -0.478 e. The maximum absolute atomic E-state index is 11.2. The van der Waals surface area contributed by atoms with Crippen LogP contribution in [0, 0.1) is 6.92 Å². The lowest BCUT2D eigenvalue weighted by Crippen LogP contribution is -2.09. The van der Waals surface area contributed by atoms with Gasteiger partial charge in [0, 0.05) is 12.4 Å². The van der Waals surface area contributed by atoms with Gasteiger partial charge in [-0.15, -0.1) is 0 Å². The number of carboxylic acid groups (broad SMARTS) is 1. The van der Waals surface area contributed by atoms with Gasteiger partial charge < -0.3 is 9.84 Å². The van der Waals surface area contributed by atoms with Crippen LogP contribution < -0.4 is 0 Å². The number of nitrogens with zero attached hydrogens (tertiary/aromatic N) is 1. The molecule has 0 radical (unpaired) electrons. The fourth-order valence-electron chi connectivity index (χ4n) is 1.06. The van der Waals surface area contributed by atoms with Gasteiger partial charge in [-0.05, 0) is 12.5 Å². The second-order valence-electron chi connectivity index (χ2n) is 2.66. The van der Waals surface area contributed by atoms with Crippen LogP contribution in [0.4, 0.5) is 0 Å². The first kappa shape index (κ1) is 10.2. The van der Waals surface area contributed by atoms with Gasteiger partial charge in [-0.2, -0.15) is 0 Å². The quantitative estimate of drug-likeness (QED) is 0.708. The van der Waals surface area contributed by atoms with E-state index >= 15 is 0 Å². The summed E-state index contributed by atoms with van der Waals surface area (Å²) in [6.45, 7) is 1.54. The molecule has 0 aliphatic rings. The SMILES string of the molecule is COC(=O)c1cncc(C(=O)O)c1C. The Morgan fingerprint density at radius 3 is 2.43 bits per heavy atom. The maximum atomic E-state index is 11.2. The van der Waals surface area contributed by atoms with Crippen LogP contribution in [0.1, 0.15) is 26.3 Å². The minimum atomic E-state index is -1.11. The Kier molecular flexibility index (Phi) is 2.81. The van der Waals surface area contributed by atoms with Crippen LogP contribution in [0.3, 0.4) is 0 Å². The number of hydrogen-bond donors (Lipinski definition) is 1. The molecular formula is C9H9NO4. The van der Waals surface area contributed by atoms with E-state index in [-0.39, 0.29) is 11.1 Å². The number of aromatic carboxylic acids is 1. The van der Waals surface area contributed by atoms with E-state index < -0.39 is 11.9 Å². The van der Waals surface area contributed by atoms with Crippen molar-refractivity contribution in [3.8, 4) is 0 Å². The summed E-state index contributed by atoms with van der Waals surface area (Å²) in [6.07, 6.45) is 2.48. The van der Waals surface area contributed by atoms with Gasteiger partial charge in [0.1, 0.15) is 0 Å². The average molecular weight is 195 g/mol. The van der Waals surface area contributed by atoms with Crippen LogP contribution in [-0.4, -0.2) is 29.1 Å². The van der Waals surface area contributed by atoms with Crippen LogP contribution in [0.5, 0.6) is 0 Å². The smallest absolute Gasteiger partial charge is 0.339 e. The zero-order valence-corrected chi connectivity index (χ0v) is 7.77. The van der Waals surface area contributed by atoms with Gasteiger partial charge in [-0.3, -0.25) is 4.98 Å². The van der Waals surface area contributed by atoms with Crippen molar-refractivity contribution in [3.63, 3.8) is 0 Å². The van der Waals surface area contributed by atoms with E-state index in [1.165, 1.54) is 26.4 Å². The second-order valence-corrected chi connectivity index (χ2v) is 2.66. The van der Waals surface area contributed by atoms with Crippen molar-refractivity contribution in [1.82, 2.24) is 4.98 Å². The molecule has 1 N–H and O–H groups in total. The number of carboxylic acids is 1. The fraction of sp³-hybridized carbons (Fsp3) is 0.222. The van der Waals surface area contributed by atoms with Crippen molar-refractivity contribution in [3.05, 3.63) is 29.1 Å². The Morgan fingerprint density at radius 1 is 1.36 bits per heavy atom. The summed E-state index contributed by atoms with van der Waals surface area (Å²) in [5.41, 5.74) is 0.541. The molecule has 0 amide bonds. The highest BCUT2D eigenvalue weighted by atomic mass is 16.5. The zero-order valence-electron chi connectivity index (χ0n) is 7.77. The normalized spacial score (nSPS) is 9.57. The first-order valence-electron chi connectivity index (χ1n) is 3.84. The summed E-state index contributed by atoms with van der Waals surface area (Å²) in [5.74, 6) is -1.70. The van der Waals surface area contributed by atoms with Crippen molar-refractivity contribution >= 4 is 11.9 Å². The molecular weight excluding hydrogens is 186 g/mol. The molecule has 1 aromatic rings. The standard InChI is InChI=1S/C9H9NO4/c1-5-6(8(11)12)3-10-4-7(5)9(13)14-2/h3-4H,1-2H3,(H,11,12).